The predicted octanol–water partition coefficient (Wildman–Crippen LogP) is 4.40. The van der Waals surface area contributed by atoms with Crippen LogP contribution in [0.3, 0.4) is 0 Å². The molecule has 3 aromatic heterocycles. The maximum Gasteiger partial charge on any atom is 0.273 e. The minimum absolute atomic E-state index is 0.254. The van der Waals surface area contributed by atoms with Gasteiger partial charge in [-0.1, -0.05) is 41.6 Å². The summed E-state index contributed by atoms with van der Waals surface area (Å²) in [5.41, 5.74) is 4.01. The first kappa shape index (κ1) is 16.2. The topological polar surface area (TPSA) is 68.0 Å². The van der Waals surface area contributed by atoms with Crippen molar-refractivity contribution in [1.29, 1.82) is 0 Å². The van der Waals surface area contributed by atoms with Gasteiger partial charge in [0.1, 0.15) is 0 Å². The Morgan fingerprint density at radius 2 is 1.96 bits per heavy atom. The number of aromatic nitrogens is 2. The highest BCUT2D eigenvalue weighted by Gasteiger charge is 2.14. The number of carbonyl (C=O) groups excluding carboxylic acids is 1. The first-order valence-corrected chi connectivity index (χ1v) is 9.02. The number of carbonyl (C=O) groups is 1. The lowest BCUT2D eigenvalue weighted by atomic mass is 10.1. The van der Waals surface area contributed by atoms with Crippen LogP contribution in [0.2, 0.25) is 0 Å². The highest BCUT2D eigenvalue weighted by atomic mass is 32.1. The van der Waals surface area contributed by atoms with E-state index in [4.69, 9.17) is 4.52 Å². The molecule has 128 valence electrons. The lowest BCUT2D eigenvalue weighted by Gasteiger charge is -2.07. The van der Waals surface area contributed by atoms with Crippen LogP contribution in [0.15, 0.2) is 76.1 Å². The molecule has 6 heteroatoms. The Hall–Kier alpha value is -3.25. The molecule has 0 saturated carbocycles. The summed E-state index contributed by atoms with van der Waals surface area (Å²) in [6.45, 7) is 0.366. The highest BCUT2D eigenvalue weighted by molar-refractivity contribution is 7.08. The molecule has 0 unspecified atom stereocenters. The summed E-state index contributed by atoms with van der Waals surface area (Å²) in [5.74, 6) is 0.284. The van der Waals surface area contributed by atoms with Crippen molar-refractivity contribution in [3.63, 3.8) is 0 Å². The van der Waals surface area contributed by atoms with Gasteiger partial charge in [-0.05, 0) is 23.1 Å². The predicted molar refractivity (Wildman–Crippen MR) is 101 cm³/mol. The van der Waals surface area contributed by atoms with E-state index in [1.807, 2.05) is 59.3 Å². The Balaban J connectivity index is 1.48. The number of nitrogens with zero attached hydrogens (tertiary/aromatic N) is 2. The van der Waals surface area contributed by atoms with E-state index >= 15 is 0 Å². The maximum atomic E-state index is 12.4. The Kier molecular flexibility index (Phi) is 4.57. The summed E-state index contributed by atoms with van der Waals surface area (Å²) in [7, 11) is 0. The second-order valence-corrected chi connectivity index (χ2v) is 6.43. The molecule has 1 N–H and O–H groups in total. The smallest absolute Gasteiger partial charge is 0.273 e. The van der Waals surface area contributed by atoms with E-state index in [1.54, 1.807) is 23.6 Å². The van der Waals surface area contributed by atoms with E-state index in [1.165, 1.54) is 0 Å². The van der Waals surface area contributed by atoms with Crippen LogP contribution in [0.25, 0.3) is 22.6 Å². The van der Waals surface area contributed by atoms with Crippen LogP contribution >= 0.6 is 11.3 Å². The van der Waals surface area contributed by atoms with Crippen molar-refractivity contribution in [2.75, 3.05) is 0 Å². The van der Waals surface area contributed by atoms with Gasteiger partial charge in [0.2, 0.25) is 0 Å². The molecule has 26 heavy (non-hydrogen) atoms. The summed E-state index contributed by atoms with van der Waals surface area (Å²) in [6, 6.07) is 17.0. The van der Waals surface area contributed by atoms with Crippen LogP contribution < -0.4 is 5.32 Å². The van der Waals surface area contributed by atoms with Crippen molar-refractivity contribution < 1.29 is 9.32 Å². The highest BCUT2D eigenvalue weighted by Crippen LogP contribution is 2.24. The number of hydrogen-bond donors (Lipinski definition) is 1. The van der Waals surface area contributed by atoms with Crippen LogP contribution in [-0.2, 0) is 6.54 Å². The molecule has 0 spiro atoms. The molecular formula is C20H15N3O2S. The number of pyridine rings is 1. The zero-order chi connectivity index (χ0) is 17.8. The monoisotopic (exact) mass is 361 g/mol. The molecule has 0 bridgehead atoms. The molecule has 1 amide bonds. The number of rotatable bonds is 5. The molecule has 5 nitrogen and oxygen atoms in total. The Labute approximate surface area is 154 Å². The quantitative estimate of drug-likeness (QED) is 0.572. The molecule has 4 aromatic rings. The van der Waals surface area contributed by atoms with E-state index in [0.29, 0.717) is 12.3 Å². The lowest BCUT2D eigenvalue weighted by Crippen LogP contribution is -2.23. The Bertz CT molecular complexity index is 1010. The van der Waals surface area contributed by atoms with Crippen LogP contribution in [0.5, 0.6) is 0 Å². The Morgan fingerprint density at radius 3 is 2.77 bits per heavy atom. The minimum Gasteiger partial charge on any atom is -0.355 e. The molecule has 0 aliphatic heterocycles. The van der Waals surface area contributed by atoms with E-state index in [9.17, 15) is 4.79 Å². The van der Waals surface area contributed by atoms with Gasteiger partial charge in [-0.3, -0.25) is 9.78 Å². The minimum atomic E-state index is -0.281. The fraction of sp³-hybridized carbons (Fsp3) is 0.0500. The van der Waals surface area contributed by atoms with Gasteiger partial charge in [-0.2, -0.15) is 11.3 Å². The average molecular weight is 361 g/mol. The molecule has 0 aliphatic rings. The maximum absolute atomic E-state index is 12.4. The standard InChI is InChI=1S/C20H15N3O2S/c24-20(17-11-18(25-23-17)14-5-2-1-3-6-14)22-12-15-7-4-9-21-19(15)16-8-10-26-13-16/h1-11,13H,12H2,(H,22,24). The molecule has 1 aromatic carbocycles. The second kappa shape index (κ2) is 7.33. The fourth-order valence-corrected chi connectivity index (χ4v) is 3.27. The molecular weight excluding hydrogens is 346 g/mol. The Morgan fingerprint density at radius 1 is 1.08 bits per heavy atom. The van der Waals surface area contributed by atoms with Gasteiger partial charge in [0, 0.05) is 35.3 Å². The second-order valence-electron chi connectivity index (χ2n) is 5.65. The number of amides is 1. The van der Waals surface area contributed by atoms with Crippen LogP contribution in [0.1, 0.15) is 16.1 Å². The number of nitrogens with one attached hydrogen (secondary N) is 1. The summed E-state index contributed by atoms with van der Waals surface area (Å²) in [4.78, 5) is 16.8. The van der Waals surface area contributed by atoms with Crippen molar-refractivity contribution in [3.8, 4) is 22.6 Å². The van der Waals surface area contributed by atoms with Crippen LogP contribution in [-0.4, -0.2) is 16.0 Å². The first-order valence-electron chi connectivity index (χ1n) is 8.08. The van der Waals surface area contributed by atoms with Gasteiger partial charge < -0.3 is 9.84 Å². The van der Waals surface area contributed by atoms with E-state index in [0.717, 1.165) is 22.4 Å². The van der Waals surface area contributed by atoms with Crippen molar-refractivity contribution >= 4 is 17.2 Å². The SMILES string of the molecule is O=C(NCc1cccnc1-c1ccsc1)c1cc(-c2ccccc2)on1. The van der Waals surface area contributed by atoms with Gasteiger partial charge in [-0.25, -0.2) is 0 Å². The van der Waals surface area contributed by atoms with Crippen molar-refractivity contribution in [2.24, 2.45) is 0 Å². The molecule has 0 fully saturated rings. The lowest BCUT2D eigenvalue weighted by molar-refractivity contribution is 0.0942. The van der Waals surface area contributed by atoms with E-state index in [-0.39, 0.29) is 11.6 Å². The largest absolute Gasteiger partial charge is 0.355 e. The number of benzene rings is 1. The van der Waals surface area contributed by atoms with Crippen molar-refractivity contribution in [1.82, 2.24) is 15.5 Å². The normalized spacial score (nSPS) is 10.6. The van der Waals surface area contributed by atoms with Gasteiger partial charge in [0.05, 0.1) is 5.69 Å². The number of hydrogen-bond acceptors (Lipinski definition) is 5. The van der Waals surface area contributed by atoms with Gasteiger partial charge in [0.15, 0.2) is 11.5 Å². The van der Waals surface area contributed by atoms with Gasteiger partial charge >= 0.3 is 0 Å². The van der Waals surface area contributed by atoms with E-state index < -0.39 is 0 Å². The zero-order valence-corrected chi connectivity index (χ0v) is 14.6. The summed E-state index contributed by atoms with van der Waals surface area (Å²) >= 11 is 1.62. The third-order valence-electron chi connectivity index (χ3n) is 3.93. The average Bonchev–Trinajstić information content (AvgIpc) is 3.39. The zero-order valence-electron chi connectivity index (χ0n) is 13.8. The summed E-state index contributed by atoms with van der Waals surface area (Å²) in [6.07, 6.45) is 1.75. The molecule has 0 radical (unpaired) electrons. The molecule has 3 heterocycles. The molecule has 0 atom stereocenters. The van der Waals surface area contributed by atoms with Crippen LogP contribution in [0, 0.1) is 0 Å². The fourth-order valence-electron chi connectivity index (χ4n) is 2.63. The van der Waals surface area contributed by atoms with Gasteiger partial charge in [0.25, 0.3) is 5.91 Å². The van der Waals surface area contributed by atoms with Crippen molar-refractivity contribution in [3.05, 3.63) is 82.8 Å². The van der Waals surface area contributed by atoms with E-state index in [2.05, 4.69) is 15.5 Å². The van der Waals surface area contributed by atoms with Crippen molar-refractivity contribution in [2.45, 2.75) is 6.54 Å². The molecule has 4 rings (SSSR count). The third kappa shape index (κ3) is 3.41. The third-order valence-corrected chi connectivity index (χ3v) is 4.61. The van der Waals surface area contributed by atoms with Crippen LogP contribution in [0.4, 0.5) is 0 Å². The molecule has 0 aliphatic carbocycles. The van der Waals surface area contributed by atoms with Gasteiger partial charge in [-0.15, -0.1) is 0 Å². The number of thiophene rings is 1. The summed E-state index contributed by atoms with van der Waals surface area (Å²) in [5, 5.41) is 10.8. The first-order chi connectivity index (χ1) is 12.8. The summed E-state index contributed by atoms with van der Waals surface area (Å²) < 4.78 is 5.28. The molecule has 0 saturated heterocycles.